The number of aliphatic hydroxyl groups excluding tert-OH is 1. The third-order valence-corrected chi connectivity index (χ3v) is 5.55. The molecule has 9 heteroatoms. The Morgan fingerprint density at radius 1 is 1.20 bits per heavy atom. The van der Waals surface area contributed by atoms with Crippen molar-refractivity contribution in [1.29, 1.82) is 5.41 Å². The summed E-state index contributed by atoms with van der Waals surface area (Å²) >= 11 is 0. The Labute approximate surface area is 173 Å². The maximum absolute atomic E-state index is 13.0. The van der Waals surface area contributed by atoms with Gasteiger partial charge in [-0.15, -0.1) is 0 Å². The molecule has 0 radical (unpaired) electrons. The van der Waals surface area contributed by atoms with Crippen molar-refractivity contribution >= 4 is 22.6 Å². The van der Waals surface area contributed by atoms with Crippen LogP contribution in [0.2, 0.25) is 0 Å². The van der Waals surface area contributed by atoms with Gasteiger partial charge in [0.15, 0.2) is 0 Å². The van der Waals surface area contributed by atoms with Crippen molar-refractivity contribution in [2.75, 3.05) is 32.8 Å². The molecule has 0 unspecified atom stereocenters. The molecular weight excluding hydrogens is 384 g/mol. The van der Waals surface area contributed by atoms with Crippen molar-refractivity contribution in [3.05, 3.63) is 51.9 Å². The second-order valence-electron chi connectivity index (χ2n) is 7.52. The Hall–Kier alpha value is -3.04. The van der Waals surface area contributed by atoms with Gasteiger partial charge in [0.25, 0.3) is 11.5 Å². The number of hydrogen-bond donors (Lipinski definition) is 3. The van der Waals surface area contributed by atoms with Crippen LogP contribution in [0.5, 0.6) is 0 Å². The van der Waals surface area contributed by atoms with Crippen LogP contribution in [0.3, 0.4) is 0 Å². The fraction of sp³-hybridized carbons (Fsp3) is 0.429. The number of carbonyl (C=O) groups excluding carboxylic acids is 1. The summed E-state index contributed by atoms with van der Waals surface area (Å²) in [6.45, 7) is 3.16. The van der Waals surface area contributed by atoms with Crippen molar-refractivity contribution in [2.24, 2.45) is 0 Å². The van der Waals surface area contributed by atoms with Gasteiger partial charge in [-0.3, -0.25) is 19.4 Å². The van der Waals surface area contributed by atoms with E-state index in [1.807, 2.05) is 0 Å². The standard InChI is InChI=1S/C21H26N6O3/c22-18-15(20(29)23-7-11-25-8-3-1-4-9-25)14-16-19(27(18)12-13-28)24-17-6-2-5-10-26(17)21(16)30/h2,5-6,10,14,22,28H,1,3-4,7-9,11-13H2,(H,23,29). The lowest BCUT2D eigenvalue weighted by Crippen LogP contribution is -2.40. The van der Waals surface area contributed by atoms with E-state index in [4.69, 9.17) is 5.41 Å². The molecule has 1 aliphatic rings. The largest absolute Gasteiger partial charge is 0.395 e. The molecule has 0 spiro atoms. The zero-order valence-corrected chi connectivity index (χ0v) is 16.8. The van der Waals surface area contributed by atoms with Gasteiger partial charge >= 0.3 is 0 Å². The smallest absolute Gasteiger partial charge is 0.267 e. The van der Waals surface area contributed by atoms with Crippen molar-refractivity contribution in [3.63, 3.8) is 0 Å². The van der Waals surface area contributed by atoms with Crippen LogP contribution in [0, 0.1) is 5.41 Å². The molecular formula is C21H26N6O3. The third-order valence-electron chi connectivity index (χ3n) is 5.55. The second-order valence-corrected chi connectivity index (χ2v) is 7.52. The predicted octanol–water partition coefficient (Wildman–Crippen LogP) is 0.337. The number of fused-ring (bicyclic) bond motifs is 2. The van der Waals surface area contributed by atoms with Crippen molar-refractivity contribution in [3.8, 4) is 0 Å². The zero-order valence-electron chi connectivity index (χ0n) is 16.8. The summed E-state index contributed by atoms with van der Waals surface area (Å²) in [6, 6.07) is 6.65. The van der Waals surface area contributed by atoms with Gasteiger partial charge in [0.05, 0.1) is 17.6 Å². The first kappa shape index (κ1) is 20.2. The molecule has 3 N–H and O–H groups in total. The van der Waals surface area contributed by atoms with Gasteiger partial charge in [-0.25, -0.2) is 4.98 Å². The Bertz CT molecular complexity index is 1190. The van der Waals surface area contributed by atoms with E-state index in [1.165, 1.54) is 34.3 Å². The van der Waals surface area contributed by atoms with E-state index in [0.717, 1.165) is 19.6 Å². The van der Waals surface area contributed by atoms with Gasteiger partial charge in [-0.2, -0.15) is 0 Å². The van der Waals surface area contributed by atoms with Gasteiger partial charge in [0.2, 0.25) is 0 Å². The lowest BCUT2D eigenvalue weighted by molar-refractivity contribution is 0.0944. The van der Waals surface area contributed by atoms with Gasteiger partial charge < -0.3 is 19.9 Å². The van der Waals surface area contributed by atoms with E-state index in [2.05, 4.69) is 15.2 Å². The van der Waals surface area contributed by atoms with Crippen molar-refractivity contribution < 1.29 is 9.90 Å². The molecule has 0 atom stereocenters. The van der Waals surface area contributed by atoms with Crippen LogP contribution in [-0.2, 0) is 6.54 Å². The minimum Gasteiger partial charge on any atom is -0.395 e. The van der Waals surface area contributed by atoms with E-state index in [9.17, 15) is 14.7 Å². The number of likely N-dealkylation sites (tertiary alicyclic amines) is 1. The molecule has 3 aromatic heterocycles. The lowest BCUT2D eigenvalue weighted by atomic mass is 10.1. The number of nitrogens with one attached hydrogen (secondary N) is 2. The van der Waals surface area contributed by atoms with Crippen molar-refractivity contribution in [2.45, 2.75) is 25.8 Å². The molecule has 0 aromatic carbocycles. The summed E-state index contributed by atoms with van der Waals surface area (Å²) in [4.78, 5) is 32.6. The Balaban J connectivity index is 1.70. The summed E-state index contributed by atoms with van der Waals surface area (Å²) in [5.74, 6) is -0.400. The first-order valence-electron chi connectivity index (χ1n) is 10.3. The maximum atomic E-state index is 13.0. The summed E-state index contributed by atoms with van der Waals surface area (Å²) in [5, 5.41) is 21.1. The number of amides is 1. The van der Waals surface area contributed by atoms with Crippen LogP contribution in [0.15, 0.2) is 35.3 Å². The van der Waals surface area contributed by atoms with Crippen LogP contribution in [0.1, 0.15) is 29.6 Å². The van der Waals surface area contributed by atoms with Crippen LogP contribution >= 0.6 is 0 Å². The molecule has 9 nitrogen and oxygen atoms in total. The Morgan fingerprint density at radius 2 is 2.00 bits per heavy atom. The Kier molecular flexibility index (Phi) is 5.91. The zero-order chi connectivity index (χ0) is 21.1. The monoisotopic (exact) mass is 410 g/mol. The molecule has 1 fully saturated rings. The number of nitrogens with zero attached hydrogens (tertiary/aromatic N) is 4. The number of aromatic nitrogens is 3. The molecule has 0 bridgehead atoms. The van der Waals surface area contributed by atoms with E-state index in [1.54, 1.807) is 24.4 Å². The highest BCUT2D eigenvalue weighted by Crippen LogP contribution is 2.11. The van der Waals surface area contributed by atoms with Crippen LogP contribution in [-0.4, -0.2) is 62.7 Å². The average molecular weight is 410 g/mol. The number of pyridine rings is 2. The number of hydrogen-bond acceptors (Lipinski definition) is 6. The number of piperidine rings is 1. The number of aliphatic hydroxyl groups is 1. The minimum absolute atomic E-state index is 0.0691. The van der Waals surface area contributed by atoms with Crippen molar-refractivity contribution in [1.82, 2.24) is 24.2 Å². The van der Waals surface area contributed by atoms with Gasteiger partial charge in [-0.05, 0) is 44.1 Å². The van der Waals surface area contributed by atoms with Crippen LogP contribution in [0.25, 0.3) is 16.7 Å². The topological polar surface area (TPSA) is 116 Å². The molecule has 4 heterocycles. The van der Waals surface area contributed by atoms with E-state index in [0.29, 0.717) is 12.2 Å². The first-order valence-corrected chi connectivity index (χ1v) is 10.3. The summed E-state index contributed by atoms with van der Waals surface area (Å²) in [5.41, 5.74) is 0.447. The highest BCUT2D eigenvalue weighted by molar-refractivity contribution is 5.96. The van der Waals surface area contributed by atoms with Gasteiger partial charge in [0.1, 0.15) is 16.8 Å². The predicted molar refractivity (Wildman–Crippen MR) is 113 cm³/mol. The van der Waals surface area contributed by atoms with E-state index < -0.39 is 5.91 Å². The summed E-state index contributed by atoms with van der Waals surface area (Å²) in [7, 11) is 0. The summed E-state index contributed by atoms with van der Waals surface area (Å²) in [6.07, 6.45) is 5.24. The molecule has 3 aromatic rings. The van der Waals surface area contributed by atoms with Gasteiger partial charge in [-0.1, -0.05) is 12.5 Å². The molecule has 30 heavy (non-hydrogen) atoms. The first-order chi connectivity index (χ1) is 14.6. The molecule has 158 valence electrons. The molecule has 1 saturated heterocycles. The summed E-state index contributed by atoms with van der Waals surface area (Å²) < 4.78 is 2.83. The highest BCUT2D eigenvalue weighted by atomic mass is 16.3. The fourth-order valence-corrected chi connectivity index (χ4v) is 3.98. The molecule has 1 amide bonds. The average Bonchev–Trinajstić information content (AvgIpc) is 2.77. The van der Waals surface area contributed by atoms with Crippen LogP contribution in [0.4, 0.5) is 0 Å². The maximum Gasteiger partial charge on any atom is 0.267 e. The molecule has 0 aliphatic carbocycles. The molecule has 0 saturated carbocycles. The number of carbonyl (C=O) groups is 1. The fourth-order valence-electron chi connectivity index (χ4n) is 3.98. The SMILES string of the molecule is N=c1c(C(=O)NCCN2CCCCC2)cc2c(=O)n3ccccc3nc2n1CCO. The second kappa shape index (κ2) is 8.76. The highest BCUT2D eigenvalue weighted by Gasteiger charge is 2.17. The normalized spacial score (nSPS) is 15.0. The quantitative estimate of drug-likeness (QED) is 0.507. The molecule has 4 rings (SSSR count). The lowest BCUT2D eigenvalue weighted by Gasteiger charge is -2.26. The van der Waals surface area contributed by atoms with Gasteiger partial charge in [0, 0.05) is 25.8 Å². The number of rotatable bonds is 6. The Morgan fingerprint density at radius 3 is 2.77 bits per heavy atom. The van der Waals surface area contributed by atoms with Crippen LogP contribution < -0.4 is 16.4 Å². The third kappa shape index (κ3) is 3.86. The van der Waals surface area contributed by atoms with E-state index in [-0.39, 0.29) is 40.8 Å². The minimum atomic E-state index is -0.400. The molecule has 1 aliphatic heterocycles. The van der Waals surface area contributed by atoms with E-state index >= 15 is 0 Å².